The topological polar surface area (TPSA) is 0 Å². The lowest BCUT2D eigenvalue weighted by molar-refractivity contribution is 0.529. The predicted octanol–water partition coefficient (Wildman–Crippen LogP) is 8.78. The highest BCUT2D eigenvalue weighted by molar-refractivity contribution is 7.80. The van der Waals surface area contributed by atoms with E-state index >= 15 is 0 Å². The van der Waals surface area contributed by atoms with Crippen molar-refractivity contribution in [1.29, 1.82) is 0 Å². The molecule has 0 saturated carbocycles. The summed E-state index contributed by atoms with van der Waals surface area (Å²) in [5.74, 6) is 0. The Bertz CT molecular complexity index is 382. The number of rotatable bonds is 17. The molecule has 0 radical (unpaired) electrons. The molecule has 0 N–H and O–H groups in total. The van der Waals surface area contributed by atoms with Crippen molar-refractivity contribution in [2.75, 3.05) is 0 Å². The van der Waals surface area contributed by atoms with Gasteiger partial charge in [0, 0.05) is 4.90 Å². The van der Waals surface area contributed by atoms with Gasteiger partial charge in [-0.1, -0.05) is 115 Å². The molecule has 1 heteroatoms. The fraction of sp³-hybridized carbons (Fsp3) is 0.750. The molecule has 0 bridgehead atoms. The highest BCUT2D eigenvalue weighted by Gasteiger charge is 1.96. The van der Waals surface area contributed by atoms with Crippen LogP contribution in [0.5, 0.6) is 0 Å². The quantitative estimate of drug-likeness (QED) is 0.208. The molecule has 0 aliphatic carbocycles. The average Bonchev–Trinajstić information content (AvgIpc) is 2.63. The van der Waals surface area contributed by atoms with Gasteiger partial charge >= 0.3 is 0 Å². The lowest BCUT2D eigenvalue weighted by Gasteiger charge is -2.04. The van der Waals surface area contributed by atoms with E-state index in [-0.39, 0.29) is 0 Å². The zero-order valence-corrected chi connectivity index (χ0v) is 17.7. The van der Waals surface area contributed by atoms with Crippen molar-refractivity contribution >= 4 is 12.6 Å². The lowest BCUT2D eigenvalue weighted by Crippen LogP contribution is -1.86. The van der Waals surface area contributed by atoms with Crippen molar-refractivity contribution in [2.24, 2.45) is 0 Å². The molecule has 1 aromatic rings. The van der Waals surface area contributed by atoms with Crippen molar-refractivity contribution in [3.8, 4) is 0 Å². The van der Waals surface area contributed by atoms with Crippen LogP contribution in [0.15, 0.2) is 29.2 Å². The SMILES string of the molecule is CCCCCCCCCCCCCCCCCCc1ccc(S)cc1. The zero-order chi connectivity index (χ0) is 18.0. The lowest BCUT2D eigenvalue weighted by atomic mass is 10.0. The first-order valence-corrected chi connectivity index (χ1v) is 11.6. The Hall–Kier alpha value is -0.430. The molecule has 144 valence electrons. The Labute approximate surface area is 163 Å². The smallest absolute Gasteiger partial charge is 0.00401 e. The van der Waals surface area contributed by atoms with E-state index in [1.807, 2.05) is 0 Å². The molecule has 0 spiro atoms. The summed E-state index contributed by atoms with van der Waals surface area (Å²) < 4.78 is 0. The van der Waals surface area contributed by atoms with Gasteiger partial charge in [0.25, 0.3) is 0 Å². The Balaban J connectivity index is 1.74. The summed E-state index contributed by atoms with van der Waals surface area (Å²) in [6.45, 7) is 2.29. The zero-order valence-electron chi connectivity index (χ0n) is 16.8. The van der Waals surface area contributed by atoms with Gasteiger partial charge in [0.05, 0.1) is 0 Å². The molecular weight excluding hydrogens is 320 g/mol. The van der Waals surface area contributed by atoms with Crippen LogP contribution in [0.1, 0.15) is 115 Å². The Morgan fingerprint density at radius 2 is 0.880 bits per heavy atom. The Kier molecular flexibility index (Phi) is 15.4. The number of hydrogen-bond acceptors (Lipinski definition) is 1. The second-order valence-electron chi connectivity index (χ2n) is 7.72. The van der Waals surface area contributed by atoms with E-state index in [2.05, 4.69) is 43.8 Å². The summed E-state index contributed by atoms with van der Waals surface area (Å²) in [5, 5.41) is 0. The Morgan fingerprint density at radius 1 is 0.520 bits per heavy atom. The first kappa shape index (κ1) is 22.6. The fourth-order valence-electron chi connectivity index (χ4n) is 3.54. The third-order valence-electron chi connectivity index (χ3n) is 5.26. The molecule has 1 rings (SSSR count). The summed E-state index contributed by atoms with van der Waals surface area (Å²) in [7, 11) is 0. The molecule has 0 fully saturated rings. The van der Waals surface area contributed by atoms with E-state index in [4.69, 9.17) is 0 Å². The summed E-state index contributed by atoms with van der Waals surface area (Å²) in [6, 6.07) is 8.64. The van der Waals surface area contributed by atoms with Crippen molar-refractivity contribution in [3.63, 3.8) is 0 Å². The molecule has 0 aliphatic heterocycles. The van der Waals surface area contributed by atoms with Crippen molar-refractivity contribution in [3.05, 3.63) is 29.8 Å². The molecule has 0 aliphatic rings. The maximum Gasteiger partial charge on any atom is 0.00401 e. The van der Waals surface area contributed by atoms with E-state index in [0.717, 1.165) is 4.90 Å². The molecule has 0 unspecified atom stereocenters. The van der Waals surface area contributed by atoms with Gasteiger partial charge in [0.15, 0.2) is 0 Å². The maximum absolute atomic E-state index is 4.34. The summed E-state index contributed by atoms with van der Waals surface area (Å²) in [4.78, 5) is 1.07. The van der Waals surface area contributed by atoms with Crippen LogP contribution in [0.25, 0.3) is 0 Å². The van der Waals surface area contributed by atoms with Crippen molar-refractivity contribution < 1.29 is 0 Å². The van der Waals surface area contributed by atoms with Gasteiger partial charge in [-0.2, -0.15) is 0 Å². The highest BCUT2D eigenvalue weighted by atomic mass is 32.1. The molecule has 0 saturated heterocycles. The molecule has 1 aromatic carbocycles. The van der Waals surface area contributed by atoms with Crippen LogP contribution < -0.4 is 0 Å². The summed E-state index contributed by atoms with van der Waals surface area (Å²) in [6.07, 6.45) is 24.3. The first-order valence-electron chi connectivity index (χ1n) is 11.1. The number of hydrogen-bond donors (Lipinski definition) is 1. The van der Waals surface area contributed by atoms with Crippen molar-refractivity contribution in [1.82, 2.24) is 0 Å². The number of aryl methyl sites for hydroxylation is 1. The number of benzene rings is 1. The van der Waals surface area contributed by atoms with E-state index in [1.165, 1.54) is 115 Å². The van der Waals surface area contributed by atoms with E-state index in [9.17, 15) is 0 Å². The van der Waals surface area contributed by atoms with Gasteiger partial charge in [-0.05, 0) is 30.5 Å². The fourth-order valence-corrected chi connectivity index (χ4v) is 3.69. The van der Waals surface area contributed by atoms with Gasteiger partial charge in [0.2, 0.25) is 0 Å². The minimum atomic E-state index is 1.07. The number of unbranched alkanes of at least 4 members (excludes halogenated alkanes) is 15. The molecule has 0 amide bonds. The standard InChI is InChI=1S/C24H42S/c1-2-3-4-5-6-7-8-9-10-11-12-13-14-15-16-17-18-23-19-21-24(25)22-20-23/h19-22,25H,2-18H2,1H3. The largest absolute Gasteiger partial charge is 0.143 e. The first-order chi connectivity index (χ1) is 12.3. The summed E-state index contributed by atoms with van der Waals surface area (Å²) >= 11 is 4.34. The minimum Gasteiger partial charge on any atom is -0.143 e. The molecule has 0 nitrogen and oxygen atoms in total. The van der Waals surface area contributed by atoms with Crippen LogP contribution in [-0.4, -0.2) is 0 Å². The van der Waals surface area contributed by atoms with Crippen molar-refractivity contribution in [2.45, 2.75) is 121 Å². The maximum atomic E-state index is 4.34. The summed E-state index contributed by atoms with van der Waals surface area (Å²) in [5.41, 5.74) is 1.46. The molecule has 25 heavy (non-hydrogen) atoms. The van der Waals surface area contributed by atoms with Crippen LogP contribution in [0.2, 0.25) is 0 Å². The Morgan fingerprint density at radius 3 is 1.28 bits per heavy atom. The van der Waals surface area contributed by atoms with E-state index in [0.29, 0.717) is 0 Å². The normalized spacial score (nSPS) is 11.1. The van der Waals surface area contributed by atoms with Gasteiger partial charge in [-0.3, -0.25) is 0 Å². The van der Waals surface area contributed by atoms with Gasteiger partial charge in [0.1, 0.15) is 0 Å². The van der Waals surface area contributed by atoms with E-state index < -0.39 is 0 Å². The van der Waals surface area contributed by atoms with Crippen LogP contribution >= 0.6 is 12.6 Å². The van der Waals surface area contributed by atoms with Crippen LogP contribution in [0, 0.1) is 0 Å². The van der Waals surface area contributed by atoms with E-state index in [1.54, 1.807) is 0 Å². The second-order valence-corrected chi connectivity index (χ2v) is 8.24. The number of thiol groups is 1. The third kappa shape index (κ3) is 14.4. The van der Waals surface area contributed by atoms with Crippen LogP contribution in [-0.2, 0) is 6.42 Å². The van der Waals surface area contributed by atoms with Crippen LogP contribution in [0.3, 0.4) is 0 Å². The third-order valence-corrected chi connectivity index (χ3v) is 5.55. The highest BCUT2D eigenvalue weighted by Crippen LogP contribution is 2.15. The average molecular weight is 363 g/mol. The van der Waals surface area contributed by atoms with Gasteiger partial charge in [-0.15, -0.1) is 12.6 Å². The minimum absolute atomic E-state index is 1.07. The van der Waals surface area contributed by atoms with Crippen LogP contribution in [0.4, 0.5) is 0 Å². The monoisotopic (exact) mass is 362 g/mol. The molecule has 0 aromatic heterocycles. The molecule has 0 atom stereocenters. The van der Waals surface area contributed by atoms with Gasteiger partial charge < -0.3 is 0 Å². The predicted molar refractivity (Wildman–Crippen MR) is 117 cm³/mol. The second kappa shape index (κ2) is 17.0. The van der Waals surface area contributed by atoms with Gasteiger partial charge in [-0.25, -0.2) is 0 Å². The molecule has 0 heterocycles. The molecular formula is C24H42S.